The van der Waals surface area contributed by atoms with E-state index >= 15 is 0 Å². The fraction of sp³-hybridized carbons (Fsp3) is 0.400. The first-order valence-electron chi connectivity index (χ1n) is 3.91. The van der Waals surface area contributed by atoms with Crippen LogP contribution in [0.25, 0.3) is 0 Å². The van der Waals surface area contributed by atoms with E-state index in [2.05, 4.69) is 6.07 Å². The van der Waals surface area contributed by atoms with Crippen molar-refractivity contribution in [3.05, 3.63) is 36.4 Å². The van der Waals surface area contributed by atoms with Gasteiger partial charge in [0.15, 0.2) is 0 Å². The average Bonchev–Trinajstić information content (AvgIpc) is 2.10. The normalized spacial score (nSPS) is 7.50. The van der Waals surface area contributed by atoms with E-state index in [1.807, 2.05) is 37.3 Å². The summed E-state index contributed by atoms with van der Waals surface area (Å²) < 4.78 is 0. The van der Waals surface area contributed by atoms with Crippen LogP contribution < -0.4 is 5.11 Å². The van der Waals surface area contributed by atoms with Gasteiger partial charge in [0, 0.05) is 0 Å². The molecule has 0 unspecified atom stereocenters. The zero-order valence-corrected chi connectivity index (χ0v) is 9.04. The molecular formula is C10H14MgO. The smallest absolute Gasteiger partial charge is 0.854 e. The molecule has 0 N–H and O–H groups in total. The van der Waals surface area contributed by atoms with E-state index in [4.69, 9.17) is 0 Å². The van der Waals surface area contributed by atoms with Gasteiger partial charge in [0.1, 0.15) is 0 Å². The van der Waals surface area contributed by atoms with E-state index in [9.17, 15) is 5.11 Å². The van der Waals surface area contributed by atoms with Gasteiger partial charge in [0.05, 0.1) is 0 Å². The third-order valence-corrected chi connectivity index (χ3v) is 1.11. The Morgan fingerprint density at radius 3 is 1.83 bits per heavy atom. The van der Waals surface area contributed by atoms with Crippen LogP contribution in [-0.4, -0.2) is 29.7 Å². The maximum absolute atomic E-state index is 9.53. The SMILES string of the molecule is CCCC[O-].[Mg+2].[c-]1ccccc1. The molecule has 0 aromatic heterocycles. The van der Waals surface area contributed by atoms with Crippen molar-refractivity contribution in [3.8, 4) is 0 Å². The molecule has 0 aliphatic rings. The predicted molar refractivity (Wildman–Crippen MR) is 50.8 cm³/mol. The molecule has 1 nitrogen and oxygen atoms in total. The van der Waals surface area contributed by atoms with Crippen molar-refractivity contribution in [3.63, 3.8) is 0 Å². The Morgan fingerprint density at radius 2 is 1.75 bits per heavy atom. The van der Waals surface area contributed by atoms with Crippen molar-refractivity contribution < 1.29 is 5.11 Å². The van der Waals surface area contributed by atoms with Gasteiger partial charge in [-0.05, 0) is 0 Å². The molecule has 1 rings (SSSR count). The minimum Gasteiger partial charge on any atom is -0.854 e. The van der Waals surface area contributed by atoms with E-state index < -0.39 is 0 Å². The molecule has 1 aromatic carbocycles. The van der Waals surface area contributed by atoms with E-state index in [-0.39, 0.29) is 29.7 Å². The van der Waals surface area contributed by atoms with Gasteiger partial charge in [-0.25, -0.2) is 0 Å². The van der Waals surface area contributed by atoms with Crippen LogP contribution >= 0.6 is 0 Å². The summed E-state index contributed by atoms with van der Waals surface area (Å²) in [5.74, 6) is 0. The summed E-state index contributed by atoms with van der Waals surface area (Å²) in [6.07, 6.45) is 1.86. The Morgan fingerprint density at radius 1 is 1.17 bits per heavy atom. The minimum atomic E-state index is 0. The fourth-order valence-corrected chi connectivity index (χ4v) is 0.486. The molecule has 0 fully saturated rings. The molecule has 0 saturated heterocycles. The second kappa shape index (κ2) is 13.5. The first kappa shape index (κ1) is 14.5. The van der Waals surface area contributed by atoms with Gasteiger partial charge in [0.2, 0.25) is 0 Å². The standard InChI is InChI=1S/C6H5.C4H9O.Mg/c1-2-4-6-5-3-1;1-2-3-4-5;/h1-5H;2-4H2,1H3;/q2*-1;+2. The average molecular weight is 175 g/mol. The van der Waals surface area contributed by atoms with Crippen molar-refractivity contribution in [2.24, 2.45) is 0 Å². The second-order valence-corrected chi connectivity index (χ2v) is 2.14. The Hall–Kier alpha value is -0.0538. The van der Waals surface area contributed by atoms with Crippen molar-refractivity contribution >= 4 is 23.1 Å². The van der Waals surface area contributed by atoms with Crippen molar-refractivity contribution in [1.29, 1.82) is 0 Å². The molecule has 0 radical (unpaired) electrons. The summed E-state index contributed by atoms with van der Waals surface area (Å²) in [5, 5.41) is 9.53. The van der Waals surface area contributed by atoms with Gasteiger partial charge in [0.25, 0.3) is 0 Å². The third-order valence-electron chi connectivity index (χ3n) is 1.11. The summed E-state index contributed by atoms with van der Waals surface area (Å²) in [7, 11) is 0. The Labute approximate surface area is 91.0 Å². The van der Waals surface area contributed by atoms with Gasteiger partial charge in [-0.1, -0.05) is 19.8 Å². The van der Waals surface area contributed by atoms with Crippen molar-refractivity contribution in [2.45, 2.75) is 19.8 Å². The minimum absolute atomic E-state index is 0. The number of hydrogen-bond donors (Lipinski definition) is 0. The van der Waals surface area contributed by atoms with Crippen molar-refractivity contribution in [2.75, 3.05) is 6.61 Å². The summed E-state index contributed by atoms with van der Waals surface area (Å²) >= 11 is 0. The second-order valence-electron chi connectivity index (χ2n) is 2.14. The van der Waals surface area contributed by atoms with Crippen LogP contribution in [-0.2, 0) is 0 Å². The molecule has 0 aliphatic carbocycles. The summed E-state index contributed by atoms with van der Waals surface area (Å²) in [5.41, 5.74) is 0. The molecule has 0 saturated carbocycles. The molecule has 0 bridgehead atoms. The molecule has 1 aromatic rings. The summed E-state index contributed by atoms with van der Waals surface area (Å²) in [6, 6.07) is 12.5. The number of unbranched alkanes of at least 4 members (excludes halogenated alkanes) is 1. The molecule has 62 valence electrons. The Balaban J connectivity index is 0. The Kier molecular flexibility index (Phi) is 16.3. The van der Waals surface area contributed by atoms with Crippen LogP contribution in [0.5, 0.6) is 0 Å². The predicted octanol–water partition coefficient (Wildman–Crippen LogP) is 1.25. The van der Waals surface area contributed by atoms with Crippen LogP contribution in [0.1, 0.15) is 19.8 Å². The van der Waals surface area contributed by atoms with Crippen LogP contribution in [0, 0.1) is 6.07 Å². The molecular weight excluding hydrogens is 160 g/mol. The van der Waals surface area contributed by atoms with E-state index in [1.165, 1.54) is 0 Å². The largest absolute Gasteiger partial charge is 2.00 e. The zero-order valence-electron chi connectivity index (χ0n) is 7.62. The van der Waals surface area contributed by atoms with E-state index in [1.54, 1.807) is 0 Å². The number of hydrogen-bond acceptors (Lipinski definition) is 1. The van der Waals surface area contributed by atoms with Gasteiger partial charge in [-0.2, -0.15) is 36.4 Å². The number of benzene rings is 1. The molecule has 2 heteroatoms. The van der Waals surface area contributed by atoms with Crippen LogP contribution in [0.4, 0.5) is 0 Å². The molecule has 0 heterocycles. The number of rotatable bonds is 2. The van der Waals surface area contributed by atoms with Gasteiger partial charge in [-0.15, -0.1) is 6.61 Å². The fourth-order valence-electron chi connectivity index (χ4n) is 0.486. The van der Waals surface area contributed by atoms with Crippen molar-refractivity contribution in [1.82, 2.24) is 0 Å². The van der Waals surface area contributed by atoms with Crippen LogP contribution in [0.3, 0.4) is 0 Å². The molecule has 0 aliphatic heterocycles. The van der Waals surface area contributed by atoms with Gasteiger partial charge in [-0.3, -0.25) is 0 Å². The molecule has 0 spiro atoms. The Bertz CT molecular complexity index is 113. The quantitative estimate of drug-likeness (QED) is 0.489. The van der Waals surface area contributed by atoms with E-state index in [0.29, 0.717) is 0 Å². The summed E-state index contributed by atoms with van der Waals surface area (Å²) in [6.45, 7) is 2.11. The first-order valence-corrected chi connectivity index (χ1v) is 3.91. The maximum Gasteiger partial charge on any atom is 2.00 e. The van der Waals surface area contributed by atoms with Crippen LogP contribution in [0.2, 0.25) is 0 Å². The van der Waals surface area contributed by atoms with Gasteiger partial charge >= 0.3 is 23.1 Å². The molecule has 12 heavy (non-hydrogen) atoms. The zero-order chi connectivity index (χ0) is 8.36. The first-order chi connectivity index (χ1) is 5.41. The van der Waals surface area contributed by atoms with Crippen LogP contribution in [0.15, 0.2) is 30.3 Å². The van der Waals surface area contributed by atoms with Gasteiger partial charge < -0.3 is 5.11 Å². The summed E-state index contributed by atoms with van der Waals surface area (Å²) in [4.78, 5) is 0. The topological polar surface area (TPSA) is 23.1 Å². The monoisotopic (exact) mass is 174 g/mol. The van der Waals surface area contributed by atoms with E-state index in [0.717, 1.165) is 12.8 Å². The maximum atomic E-state index is 9.53. The molecule has 0 amide bonds. The third kappa shape index (κ3) is 12.6. The molecule has 0 atom stereocenters.